The molecule has 0 radical (unpaired) electrons. The van der Waals surface area contributed by atoms with Crippen molar-refractivity contribution in [1.29, 1.82) is 0 Å². The van der Waals surface area contributed by atoms with Gasteiger partial charge in [-0.3, -0.25) is 0 Å². The fraction of sp³-hybridized carbons (Fsp3) is 0.444. The molecular formula is C9H13BrClN3. The Morgan fingerprint density at radius 2 is 2.36 bits per heavy atom. The maximum Gasteiger partial charge on any atom is 0.140 e. The van der Waals surface area contributed by atoms with Crippen LogP contribution in [0, 0.1) is 0 Å². The Bertz CT molecular complexity index is 306. The van der Waals surface area contributed by atoms with E-state index in [-0.39, 0.29) is 0 Å². The van der Waals surface area contributed by atoms with E-state index in [1.54, 1.807) is 6.20 Å². The predicted octanol–water partition coefficient (Wildman–Crippen LogP) is 2.52. The predicted molar refractivity (Wildman–Crippen MR) is 64.0 cm³/mol. The summed E-state index contributed by atoms with van der Waals surface area (Å²) in [4.78, 5) is 4.17. The minimum atomic E-state index is 0.402. The maximum absolute atomic E-state index is 5.77. The quantitative estimate of drug-likeness (QED) is 0.889. The summed E-state index contributed by atoms with van der Waals surface area (Å²) in [5.74, 6) is 0.816. The zero-order chi connectivity index (χ0) is 10.6. The highest BCUT2D eigenvalue weighted by molar-refractivity contribution is 9.10. The van der Waals surface area contributed by atoms with Crippen LogP contribution in [0.2, 0.25) is 5.02 Å². The van der Waals surface area contributed by atoms with Crippen LogP contribution in [0.4, 0.5) is 5.82 Å². The molecule has 0 saturated carbocycles. The van der Waals surface area contributed by atoms with Crippen LogP contribution in [-0.2, 0) is 0 Å². The van der Waals surface area contributed by atoms with Crippen LogP contribution >= 0.6 is 27.5 Å². The summed E-state index contributed by atoms with van der Waals surface area (Å²) < 4.78 is 0.883. The van der Waals surface area contributed by atoms with Crippen molar-refractivity contribution in [2.75, 3.05) is 18.9 Å². The lowest BCUT2D eigenvalue weighted by Gasteiger charge is -2.12. The molecule has 0 bridgehead atoms. The minimum absolute atomic E-state index is 0.402. The molecule has 0 aromatic carbocycles. The molecule has 14 heavy (non-hydrogen) atoms. The first kappa shape index (κ1) is 11.8. The highest BCUT2D eigenvalue weighted by Gasteiger charge is 2.03. The molecule has 1 rings (SSSR count). The van der Waals surface area contributed by atoms with Gasteiger partial charge >= 0.3 is 0 Å². The number of nitrogens with one attached hydrogen (secondary N) is 2. The van der Waals surface area contributed by atoms with Crippen LogP contribution in [0.1, 0.15) is 6.92 Å². The smallest absolute Gasteiger partial charge is 0.140 e. The molecule has 78 valence electrons. The van der Waals surface area contributed by atoms with Crippen LogP contribution in [0.5, 0.6) is 0 Å². The maximum atomic E-state index is 5.77. The standard InChI is InChI=1S/C9H13BrClN3/c1-6(12-2)4-13-9-8(10)3-7(11)5-14-9/h3,5-6,12H,4H2,1-2H3,(H,13,14). The summed E-state index contributed by atoms with van der Waals surface area (Å²) in [6.45, 7) is 2.92. The largest absolute Gasteiger partial charge is 0.368 e. The molecule has 3 nitrogen and oxygen atoms in total. The number of pyridine rings is 1. The number of anilines is 1. The molecule has 5 heteroatoms. The molecule has 0 saturated heterocycles. The summed E-state index contributed by atoms with van der Waals surface area (Å²) in [6, 6.07) is 2.22. The van der Waals surface area contributed by atoms with E-state index in [9.17, 15) is 0 Å². The lowest BCUT2D eigenvalue weighted by atomic mass is 10.3. The van der Waals surface area contributed by atoms with Crippen LogP contribution in [0.25, 0.3) is 0 Å². The van der Waals surface area contributed by atoms with E-state index in [2.05, 4.69) is 38.5 Å². The average Bonchev–Trinajstić information content (AvgIpc) is 2.16. The topological polar surface area (TPSA) is 37.0 Å². The molecule has 0 aliphatic carbocycles. The van der Waals surface area contributed by atoms with Gasteiger partial charge in [0.1, 0.15) is 5.82 Å². The second-order valence-corrected chi connectivity index (χ2v) is 4.35. The first-order valence-electron chi connectivity index (χ1n) is 4.35. The molecule has 0 spiro atoms. The van der Waals surface area contributed by atoms with E-state index in [0.717, 1.165) is 16.8 Å². The Balaban J connectivity index is 2.59. The third-order valence-corrected chi connectivity index (χ3v) is 2.69. The van der Waals surface area contributed by atoms with Crippen molar-refractivity contribution in [3.63, 3.8) is 0 Å². The van der Waals surface area contributed by atoms with Gasteiger partial charge in [0.15, 0.2) is 0 Å². The third-order valence-electron chi connectivity index (χ3n) is 1.88. The summed E-state index contributed by atoms with van der Waals surface area (Å²) in [6.07, 6.45) is 1.62. The van der Waals surface area contributed by atoms with Gasteiger partial charge in [-0.2, -0.15) is 0 Å². The van der Waals surface area contributed by atoms with Gasteiger partial charge in [0.05, 0.1) is 9.50 Å². The van der Waals surface area contributed by atoms with Gasteiger partial charge in [-0.1, -0.05) is 11.6 Å². The van der Waals surface area contributed by atoms with Gasteiger partial charge in [-0.15, -0.1) is 0 Å². The molecule has 0 amide bonds. The van der Waals surface area contributed by atoms with E-state index in [1.165, 1.54) is 0 Å². The van der Waals surface area contributed by atoms with Crippen LogP contribution < -0.4 is 10.6 Å². The molecular weight excluding hydrogens is 265 g/mol. The normalized spacial score (nSPS) is 12.6. The molecule has 1 unspecified atom stereocenters. The zero-order valence-electron chi connectivity index (χ0n) is 8.14. The fourth-order valence-electron chi connectivity index (χ4n) is 0.896. The van der Waals surface area contributed by atoms with Gasteiger partial charge in [-0.25, -0.2) is 4.98 Å². The number of likely N-dealkylation sites (N-methyl/N-ethyl adjacent to an activating group) is 1. The Kier molecular flexibility index (Phi) is 4.65. The first-order valence-corrected chi connectivity index (χ1v) is 5.52. The molecule has 1 aromatic rings. The van der Waals surface area contributed by atoms with Crippen molar-refractivity contribution in [2.24, 2.45) is 0 Å². The number of nitrogens with zero attached hydrogens (tertiary/aromatic N) is 1. The van der Waals surface area contributed by atoms with Crippen molar-refractivity contribution >= 4 is 33.3 Å². The molecule has 1 heterocycles. The Hall–Kier alpha value is -0.320. The first-order chi connectivity index (χ1) is 6.63. The van der Waals surface area contributed by atoms with Gasteiger partial charge in [-0.05, 0) is 36.0 Å². The second kappa shape index (κ2) is 5.53. The van der Waals surface area contributed by atoms with Crippen LogP contribution in [-0.4, -0.2) is 24.6 Å². The second-order valence-electron chi connectivity index (χ2n) is 3.05. The van der Waals surface area contributed by atoms with Crippen molar-refractivity contribution in [2.45, 2.75) is 13.0 Å². The van der Waals surface area contributed by atoms with E-state index >= 15 is 0 Å². The number of hydrogen-bond acceptors (Lipinski definition) is 3. The Morgan fingerprint density at radius 3 is 2.93 bits per heavy atom. The highest BCUT2D eigenvalue weighted by Crippen LogP contribution is 2.22. The van der Waals surface area contributed by atoms with Crippen molar-refractivity contribution in [3.8, 4) is 0 Å². The summed E-state index contributed by atoms with van der Waals surface area (Å²) in [7, 11) is 1.93. The minimum Gasteiger partial charge on any atom is -0.368 e. The lowest BCUT2D eigenvalue weighted by Crippen LogP contribution is -2.29. The Labute approximate surface area is 97.4 Å². The summed E-state index contributed by atoms with van der Waals surface area (Å²) in [5, 5.41) is 6.97. The lowest BCUT2D eigenvalue weighted by molar-refractivity contribution is 0.637. The molecule has 0 aliphatic heterocycles. The number of rotatable bonds is 4. The van der Waals surface area contributed by atoms with E-state index < -0.39 is 0 Å². The zero-order valence-corrected chi connectivity index (χ0v) is 10.5. The van der Waals surface area contributed by atoms with Crippen LogP contribution in [0.3, 0.4) is 0 Å². The highest BCUT2D eigenvalue weighted by atomic mass is 79.9. The molecule has 1 aromatic heterocycles. The van der Waals surface area contributed by atoms with Crippen molar-refractivity contribution in [1.82, 2.24) is 10.3 Å². The third kappa shape index (κ3) is 3.44. The van der Waals surface area contributed by atoms with Gasteiger partial charge in [0.25, 0.3) is 0 Å². The molecule has 2 N–H and O–H groups in total. The van der Waals surface area contributed by atoms with Gasteiger partial charge in [0.2, 0.25) is 0 Å². The SMILES string of the molecule is CNC(C)CNc1ncc(Cl)cc1Br. The van der Waals surface area contributed by atoms with Crippen molar-refractivity contribution in [3.05, 3.63) is 21.8 Å². The number of hydrogen-bond donors (Lipinski definition) is 2. The Morgan fingerprint density at radius 1 is 1.64 bits per heavy atom. The van der Waals surface area contributed by atoms with E-state index in [4.69, 9.17) is 11.6 Å². The number of aromatic nitrogens is 1. The average molecular weight is 279 g/mol. The van der Waals surface area contributed by atoms with Crippen LogP contribution in [0.15, 0.2) is 16.7 Å². The monoisotopic (exact) mass is 277 g/mol. The van der Waals surface area contributed by atoms with E-state index in [0.29, 0.717) is 11.1 Å². The molecule has 0 aliphatic rings. The van der Waals surface area contributed by atoms with Gasteiger partial charge < -0.3 is 10.6 Å². The molecule has 1 atom stereocenters. The number of halogens is 2. The fourth-order valence-corrected chi connectivity index (χ4v) is 1.68. The van der Waals surface area contributed by atoms with E-state index in [1.807, 2.05) is 13.1 Å². The van der Waals surface area contributed by atoms with Gasteiger partial charge in [0, 0.05) is 18.8 Å². The molecule has 0 fully saturated rings. The van der Waals surface area contributed by atoms with Crippen molar-refractivity contribution < 1.29 is 0 Å². The summed E-state index contributed by atoms with van der Waals surface area (Å²) in [5.41, 5.74) is 0. The summed E-state index contributed by atoms with van der Waals surface area (Å²) >= 11 is 9.16.